The quantitative estimate of drug-likeness (QED) is 0.742. The van der Waals surface area contributed by atoms with Crippen LogP contribution in [0.3, 0.4) is 0 Å². The lowest BCUT2D eigenvalue weighted by Gasteiger charge is -2.36. The van der Waals surface area contributed by atoms with Gasteiger partial charge in [0.25, 0.3) is 0 Å². The van der Waals surface area contributed by atoms with Gasteiger partial charge in [-0.15, -0.1) is 0 Å². The number of hydrogen-bond acceptors (Lipinski definition) is 2. The number of carbonyl (C=O) groups excluding carboxylic acids is 1. The summed E-state index contributed by atoms with van der Waals surface area (Å²) in [5.41, 5.74) is 6.88. The van der Waals surface area contributed by atoms with E-state index in [2.05, 4.69) is 30.3 Å². The van der Waals surface area contributed by atoms with Crippen molar-refractivity contribution in [3.8, 4) is 0 Å². The number of urea groups is 1. The fourth-order valence-electron chi connectivity index (χ4n) is 3.63. The number of amides is 2. The molecule has 128 valence electrons. The molecular formula is C19H30N2O2. The van der Waals surface area contributed by atoms with Crippen LogP contribution in [0, 0.1) is 5.92 Å². The highest BCUT2D eigenvalue weighted by Gasteiger charge is 2.29. The second-order valence-electron chi connectivity index (χ2n) is 6.40. The first-order chi connectivity index (χ1) is 11.2. The van der Waals surface area contributed by atoms with Crippen LogP contribution in [0.15, 0.2) is 30.3 Å². The number of nitrogens with zero attached hydrogens (tertiary/aromatic N) is 1. The molecule has 0 saturated carbocycles. The Bertz CT molecular complexity index is 464. The van der Waals surface area contributed by atoms with Gasteiger partial charge >= 0.3 is 6.03 Å². The Kier molecular flexibility index (Phi) is 7.40. The molecule has 2 N–H and O–H groups in total. The summed E-state index contributed by atoms with van der Waals surface area (Å²) in [6, 6.07) is 10.4. The predicted molar refractivity (Wildman–Crippen MR) is 93.4 cm³/mol. The molecule has 1 aromatic carbocycles. The van der Waals surface area contributed by atoms with Crippen molar-refractivity contribution in [2.75, 3.05) is 26.3 Å². The van der Waals surface area contributed by atoms with E-state index in [-0.39, 0.29) is 6.03 Å². The van der Waals surface area contributed by atoms with E-state index < -0.39 is 0 Å². The van der Waals surface area contributed by atoms with Crippen molar-refractivity contribution in [3.05, 3.63) is 35.9 Å². The molecule has 0 aromatic heterocycles. The van der Waals surface area contributed by atoms with Crippen LogP contribution in [-0.4, -0.2) is 37.2 Å². The minimum absolute atomic E-state index is 0.280. The summed E-state index contributed by atoms with van der Waals surface area (Å²) in [6.07, 6.45) is 5.63. The molecule has 1 heterocycles. The van der Waals surface area contributed by atoms with E-state index in [4.69, 9.17) is 10.5 Å². The van der Waals surface area contributed by atoms with Gasteiger partial charge in [-0.2, -0.15) is 0 Å². The zero-order chi connectivity index (χ0) is 16.5. The highest BCUT2D eigenvalue weighted by molar-refractivity contribution is 5.72. The summed E-state index contributed by atoms with van der Waals surface area (Å²) >= 11 is 0. The summed E-state index contributed by atoms with van der Waals surface area (Å²) in [7, 11) is 0. The molecule has 0 bridgehead atoms. The van der Waals surface area contributed by atoms with Gasteiger partial charge < -0.3 is 15.4 Å². The summed E-state index contributed by atoms with van der Waals surface area (Å²) in [5, 5.41) is 0. The van der Waals surface area contributed by atoms with Crippen molar-refractivity contribution < 1.29 is 9.53 Å². The smallest absolute Gasteiger partial charge is 0.314 e. The van der Waals surface area contributed by atoms with Crippen molar-refractivity contribution in [2.24, 2.45) is 11.7 Å². The van der Waals surface area contributed by atoms with Gasteiger partial charge in [0.05, 0.1) is 0 Å². The molecule has 0 spiro atoms. The Balaban J connectivity index is 1.99. The maximum absolute atomic E-state index is 11.5. The zero-order valence-corrected chi connectivity index (χ0v) is 14.2. The number of piperidine rings is 1. The lowest BCUT2D eigenvalue weighted by Crippen LogP contribution is -2.44. The maximum atomic E-state index is 11.5. The van der Waals surface area contributed by atoms with Crippen molar-refractivity contribution >= 4 is 6.03 Å². The average molecular weight is 318 g/mol. The normalized spacial score (nSPS) is 19.5. The molecule has 0 aliphatic carbocycles. The molecule has 2 rings (SSSR count). The van der Waals surface area contributed by atoms with Crippen LogP contribution < -0.4 is 5.73 Å². The molecule has 4 nitrogen and oxygen atoms in total. The van der Waals surface area contributed by atoms with E-state index in [0.29, 0.717) is 11.8 Å². The van der Waals surface area contributed by atoms with E-state index in [9.17, 15) is 4.79 Å². The number of primary amides is 1. The number of rotatable bonds is 8. The Morgan fingerprint density at radius 2 is 2.13 bits per heavy atom. The number of nitrogens with two attached hydrogens (primary N) is 1. The predicted octanol–water partition coefficient (Wildman–Crippen LogP) is 3.77. The van der Waals surface area contributed by atoms with E-state index in [1.807, 2.05) is 11.8 Å². The third-order valence-corrected chi connectivity index (χ3v) is 4.82. The van der Waals surface area contributed by atoms with Gasteiger partial charge in [-0.25, -0.2) is 4.79 Å². The molecule has 1 aliphatic rings. The van der Waals surface area contributed by atoms with Gasteiger partial charge in [0, 0.05) is 26.3 Å². The van der Waals surface area contributed by atoms with Gasteiger partial charge in [-0.3, -0.25) is 0 Å². The third kappa shape index (κ3) is 5.54. The Morgan fingerprint density at radius 1 is 1.35 bits per heavy atom. The lowest BCUT2D eigenvalue weighted by molar-refractivity contribution is 0.138. The maximum Gasteiger partial charge on any atom is 0.314 e. The fraction of sp³-hybridized carbons (Fsp3) is 0.632. The highest BCUT2D eigenvalue weighted by Crippen LogP contribution is 2.35. The minimum atomic E-state index is -0.280. The van der Waals surface area contributed by atoms with Crippen LogP contribution in [0.25, 0.3) is 0 Å². The minimum Gasteiger partial charge on any atom is -0.382 e. The van der Waals surface area contributed by atoms with Crippen LogP contribution in [0.1, 0.15) is 50.5 Å². The van der Waals surface area contributed by atoms with Crippen LogP contribution in [0.2, 0.25) is 0 Å². The number of likely N-dealkylation sites (tertiary alicyclic amines) is 1. The number of unbranched alkanes of at least 4 members (excludes halogenated alkanes) is 1. The molecule has 23 heavy (non-hydrogen) atoms. The standard InChI is InChI=1S/C19H30N2O2/c1-2-23-14-7-6-12-18(16-9-4-3-5-10-16)17-11-8-13-21(15-17)19(20)22/h3-5,9-10,17-18H,2,6-8,11-15H2,1H3,(H2,20,22)/t17-,18+/m1/s1. The van der Waals surface area contributed by atoms with Gasteiger partial charge in [0.1, 0.15) is 0 Å². The number of benzene rings is 1. The summed E-state index contributed by atoms with van der Waals surface area (Å²) < 4.78 is 5.45. The molecule has 1 fully saturated rings. The first-order valence-electron chi connectivity index (χ1n) is 8.89. The zero-order valence-electron chi connectivity index (χ0n) is 14.2. The highest BCUT2D eigenvalue weighted by atomic mass is 16.5. The van der Waals surface area contributed by atoms with E-state index in [0.717, 1.165) is 52.0 Å². The molecule has 0 unspecified atom stereocenters. The molecular weight excluding hydrogens is 288 g/mol. The Hall–Kier alpha value is -1.55. The molecule has 2 atom stereocenters. The van der Waals surface area contributed by atoms with Gasteiger partial charge in [-0.05, 0) is 50.0 Å². The third-order valence-electron chi connectivity index (χ3n) is 4.82. The second-order valence-corrected chi connectivity index (χ2v) is 6.40. The fourth-order valence-corrected chi connectivity index (χ4v) is 3.63. The molecule has 4 heteroatoms. The largest absolute Gasteiger partial charge is 0.382 e. The van der Waals surface area contributed by atoms with Gasteiger partial charge in [0.15, 0.2) is 0 Å². The van der Waals surface area contributed by atoms with Crippen molar-refractivity contribution in [1.82, 2.24) is 4.90 Å². The summed E-state index contributed by atoms with van der Waals surface area (Å²) in [5.74, 6) is 1.01. The number of ether oxygens (including phenoxy) is 1. The molecule has 2 amide bonds. The number of carbonyl (C=O) groups is 1. The molecule has 1 aliphatic heterocycles. The van der Waals surface area contributed by atoms with Crippen LogP contribution in [0.5, 0.6) is 0 Å². The van der Waals surface area contributed by atoms with Gasteiger partial charge in [-0.1, -0.05) is 36.8 Å². The van der Waals surface area contributed by atoms with E-state index >= 15 is 0 Å². The first kappa shape index (κ1) is 17.8. The monoisotopic (exact) mass is 318 g/mol. The number of hydrogen-bond donors (Lipinski definition) is 1. The molecule has 0 radical (unpaired) electrons. The Morgan fingerprint density at radius 3 is 2.83 bits per heavy atom. The Labute approximate surface area is 140 Å². The average Bonchev–Trinajstić information content (AvgIpc) is 2.59. The summed E-state index contributed by atoms with van der Waals surface area (Å²) in [4.78, 5) is 13.3. The van der Waals surface area contributed by atoms with E-state index in [1.165, 1.54) is 12.0 Å². The van der Waals surface area contributed by atoms with Crippen LogP contribution >= 0.6 is 0 Å². The van der Waals surface area contributed by atoms with Crippen molar-refractivity contribution in [3.63, 3.8) is 0 Å². The molecule has 1 aromatic rings. The van der Waals surface area contributed by atoms with Gasteiger partial charge in [0.2, 0.25) is 0 Å². The SMILES string of the molecule is CCOCCCC[C@@H](c1ccccc1)[C@@H]1CCCN(C(N)=O)C1. The van der Waals surface area contributed by atoms with Crippen molar-refractivity contribution in [1.29, 1.82) is 0 Å². The molecule has 1 saturated heterocycles. The summed E-state index contributed by atoms with van der Waals surface area (Å²) in [6.45, 7) is 5.26. The second kappa shape index (κ2) is 9.56. The first-order valence-corrected chi connectivity index (χ1v) is 8.89. The van der Waals surface area contributed by atoms with Crippen LogP contribution in [0.4, 0.5) is 4.79 Å². The van der Waals surface area contributed by atoms with Crippen molar-refractivity contribution in [2.45, 2.75) is 44.9 Å². The lowest BCUT2D eigenvalue weighted by atomic mass is 9.78. The van der Waals surface area contributed by atoms with E-state index in [1.54, 1.807) is 0 Å². The van der Waals surface area contributed by atoms with Crippen LogP contribution in [-0.2, 0) is 4.74 Å². The topological polar surface area (TPSA) is 55.6 Å².